The van der Waals surface area contributed by atoms with Crippen molar-refractivity contribution in [2.75, 3.05) is 38.1 Å². The molecule has 1 atom stereocenters. The summed E-state index contributed by atoms with van der Waals surface area (Å²) in [5, 5.41) is 4.55. The lowest BCUT2D eigenvalue weighted by molar-refractivity contribution is 0.229. The molecule has 2 aromatic heterocycles. The van der Waals surface area contributed by atoms with Gasteiger partial charge in [0.25, 0.3) is 0 Å². The number of anilines is 1. The average molecular weight is 369 g/mol. The van der Waals surface area contributed by atoms with Gasteiger partial charge in [-0.3, -0.25) is 14.5 Å². The lowest BCUT2D eigenvalue weighted by Crippen LogP contribution is -2.28. The van der Waals surface area contributed by atoms with E-state index in [1.54, 1.807) is 4.90 Å². The third-order valence-electron chi connectivity index (χ3n) is 6.08. The first-order valence-electron chi connectivity index (χ1n) is 10.0. The Kier molecular flexibility index (Phi) is 4.15. The topological polar surface area (TPSA) is 62.4 Å². The fourth-order valence-electron chi connectivity index (χ4n) is 4.50. The number of imidazole rings is 1. The molecule has 0 aliphatic carbocycles. The SMILES string of the molecule is CN1CCN(c2cnn(C3CCN(Cc4cn5c(n4)CCCC5)C3)c2)C1=O. The lowest BCUT2D eigenvalue weighted by atomic mass is 10.2. The van der Waals surface area contributed by atoms with Gasteiger partial charge in [0.05, 0.1) is 23.6 Å². The molecule has 2 aromatic rings. The summed E-state index contributed by atoms with van der Waals surface area (Å²) in [6.07, 6.45) is 10.8. The molecular formula is C19H27N7O. The van der Waals surface area contributed by atoms with Crippen molar-refractivity contribution in [3.05, 3.63) is 30.1 Å². The Morgan fingerprint density at radius 2 is 2.07 bits per heavy atom. The molecule has 2 amide bonds. The zero-order valence-electron chi connectivity index (χ0n) is 15.9. The van der Waals surface area contributed by atoms with Crippen molar-refractivity contribution in [1.82, 2.24) is 29.1 Å². The van der Waals surface area contributed by atoms with Crippen molar-refractivity contribution in [3.8, 4) is 0 Å². The van der Waals surface area contributed by atoms with E-state index in [0.717, 1.165) is 57.8 Å². The molecule has 2 fully saturated rings. The first-order valence-corrected chi connectivity index (χ1v) is 10.0. The Balaban J connectivity index is 1.22. The Labute approximate surface area is 159 Å². The third-order valence-corrected chi connectivity index (χ3v) is 6.08. The Hall–Kier alpha value is -2.35. The summed E-state index contributed by atoms with van der Waals surface area (Å²) >= 11 is 0. The van der Waals surface area contributed by atoms with E-state index < -0.39 is 0 Å². The van der Waals surface area contributed by atoms with Gasteiger partial charge in [-0.05, 0) is 19.3 Å². The monoisotopic (exact) mass is 369 g/mol. The van der Waals surface area contributed by atoms with Crippen molar-refractivity contribution >= 4 is 11.7 Å². The van der Waals surface area contributed by atoms with Gasteiger partial charge in [-0.25, -0.2) is 9.78 Å². The molecule has 0 bridgehead atoms. The van der Waals surface area contributed by atoms with Gasteiger partial charge < -0.3 is 9.47 Å². The highest BCUT2D eigenvalue weighted by atomic mass is 16.2. The van der Waals surface area contributed by atoms with Gasteiger partial charge in [0.1, 0.15) is 5.82 Å². The van der Waals surface area contributed by atoms with E-state index in [9.17, 15) is 4.79 Å². The quantitative estimate of drug-likeness (QED) is 0.824. The molecule has 3 aliphatic rings. The van der Waals surface area contributed by atoms with Gasteiger partial charge in [-0.15, -0.1) is 0 Å². The normalized spacial score (nSPS) is 23.4. The van der Waals surface area contributed by atoms with Gasteiger partial charge in [0.2, 0.25) is 0 Å². The minimum absolute atomic E-state index is 0.0614. The lowest BCUT2D eigenvalue weighted by Gasteiger charge is -2.15. The van der Waals surface area contributed by atoms with E-state index >= 15 is 0 Å². The van der Waals surface area contributed by atoms with Crippen molar-refractivity contribution < 1.29 is 4.79 Å². The molecule has 3 aliphatic heterocycles. The summed E-state index contributed by atoms with van der Waals surface area (Å²) < 4.78 is 4.37. The number of hydrogen-bond donors (Lipinski definition) is 0. The van der Waals surface area contributed by atoms with Crippen LogP contribution in [0.5, 0.6) is 0 Å². The van der Waals surface area contributed by atoms with Crippen LogP contribution in [0.3, 0.4) is 0 Å². The number of likely N-dealkylation sites (N-methyl/N-ethyl adjacent to an activating group) is 1. The first kappa shape index (κ1) is 16.8. The standard InChI is InChI=1S/C19H27N7O/c1-22-8-9-25(19(22)27)17-10-20-26(14-17)16-5-7-23(13-16)11-15-12-24-6-3-2-4-18(24)21-15/h10,12,14,16H,2-9,11,13H2,1H3. The van der Waals surface area contributed by atoms with Crippen LogP contribution >= 0.6 is 0 Å². The summed E-state index contributed by atoms with van der Waals surface area (Å²) in [5.74, 6) is 1.25. The number of fused-ring (bicyclic) bond motifs is 1. The minimum atomic E-state index is 0.0614. The number of hydrogen-bond acceptors (Lipinski definition) is 4. The molecule has 144 valence electrons. The molecule has 1 unspecified atom stereocenters. The average Bonchev–Trinajstić information content (AvgIpc) is 3.43. The second-order valence-corrected chi connectivity index (χ2v) is 8.01. The molecule has 8 heteroatoms. The van der Waals surface area contributed by atoms with Gasteiger partial charge in [-0.2, -0.15) is 5.10 Å². The molecule has 0 radical (unpaired) electrons. The molecule has 8 nitrogen and oxygen atoms in total. The predicted octanol–water partition coefficient (Wildman–Crippen LogP) is 1.73. The Morgan fingerprint density at radius 3 is 2.89 bits per heavy atom. The van der Waals surface area contributed by atoms with E-state index in [1.165, 1.54) is 24.4 Å². The Bertz CT molecular complexity index is 817. The molecule has 2 saturated heterocycles. The Morgan fingerprint density at radius 1 is 1.15 bits per heavy atom. The number of aromatic nitrogens is 4. The van der Waals surface area contributed by atoms with Gasteiger partial charge >= 0.3 is 6.03 Å². The summed E-state index contributed by atoms with van der Waals surface area (Å²) in [5.41, 5.74) is 2.10. The van der Waals surface area contributed by atoms with Crippen LogP contribution in [0.15, 0.2) is 18.6 Å². The largest absolute Gasteiger partial charge is 0.335 e. The number of nitrogens with zero attached hydrogens (tertiary/aromatic N) is 7. The molecule has 27 heavy (non-hydrogen) atoms. The fraction of sp³-hybridized carbons (Fsp3) is 0.632. The molecule has 0 spiro atoms. The maximum atomic E-state index is 12.2. The highest BCUT2D eigenvalue weighted by Crippen LogP contribution is 2.26. The van der Waals surface area contributed by atoms with Crippen LogP contribution in [-0.4, -0.2) is 68.4 Å². The smallest absolute Gasteiger partial charge is 0.324 e. The highest BCUT2D eigenvalue weighted by Gasteiger charge is 2.30. The van der Waals surface area contributed by atoms with Gasteiger partial charge in [0.15, 0.2) is 0 Å². The molecule has 0 N–H and O–H groups in total. The molecule has 5 heterocycles. The van der Waals surface area contributed by atoms with Crippen molar-refractivity contribution in [3.63, 3.8) is 0 Å². The van der Waals surface area contributed by atoms with Crippen LogP contribution in [0.2, 0.25) is 0 Å². The second-order valence-electron chi connectivity index (χ2n) is 8.01. The summed E-state index contributed by atoms with van der Waals surface area (Å²) in [4.78, 5) is 23.0. The number of amides is 2. The summed E-state index contributed by atoms with van der Waals surface area (Å²) in [7, 11) is 1.84. The number of carbonyl (C=O) groups excluding carboxylic acids is 1. The predicted molar refractivity (Wildman–Crippen MR) is 102 cm³/mol. The number of carbonyl (C=O) groups is 1. The number of urea groups is 1. The zero-order chi connectivity index (χ0) is 18.4. The van der Waals surface area contributed by atoms with E-state index in [4.69, 9.17) is 4.98 Å². The van der Waals surface area contributed by atoms with E-state index in [1.807, 2.05) is 29.0 Å². The summed E-state index contributed by atoms with van der Waals surface area (Å²) in [6, 6.07) is 0.428. The van der Waals surface area contributed by atoms with Crippen LogP contribution in [-0.2, 0) is 19.5 Å². The minimum Gasteiger partial charge on any atom is -0.335 e. The molecule has 5 rings (SSSR count). The van der Waals surface area contributed by atoms with E-state index in [2.05, 4.69) is 20.8 Å². The van der Waals surface area contributed by atoms with Crippen LogP contribution in [0.25, 0.3) is 0 Å². The van der Waals surface area contributed by atoms with Crippen molar-refractivity contribution in [2.24, 2.45) is 0 Å². The van der Waals surface area contributed by atoms with Crippen LogP contribution < -0.4 is 4.90 Å². The number of aryl methyl sites for hydroxylation is 2. The fourth-order valence-corrected chi connectivity index (χ4v) is 4.50. The van der Waals surface area contributed by atoms with E-state index in [-0.39, 0.29) is 6.03 Å². The van der Waals surface area contributed by atoms with Gasteiger partial charge in [-0.1, -0.05) is 0 Å². The summed E-state index contributed by atoms with van der Waals surface area (Å²) in [6.45, 7) is 5.59. The van der Waals surface area contributed by atoms with Crippen LogP contribution in [0, 0.1) is 0 Å². The highest BCUT2D eigenvalue weighted by molar-refractivity contribution is 5.93. The van der Waals surface area contributed by atoms with E-state index in [0.29, 0.717) is 6.04 Å². The van der Waals surface area contributed by atoms with Crippen LogP contribution in [0.1, 0.15) is 36.8 Å². The first-order chi connectivity index (χ1) is 13.2. The maximum Gasteiger partial charge on any atom is 0.324 e. The van der Waals surface area contributed by atoms with Crippen molar-refractivity contribution in [1.29, 1.82) is 0 Å². The number of rotatable bonds is 4. The van der Waals surface area contributed by atoms with Crippen molar-refractivity contribution in [2.45, 2.75) is 44.8 Å². The second kappa shape index (κ2) is 6.67. The molecule has 0 saturated carbocycles. The third kappa shape index (κ3) is 3.12. The zero-order valence-corrected chi connectivity index (χ0v) is 15.9. The molecule has 0 aromatic carbocycles. The number of likely N-dealkylation sites (tertiary alicyclic amines) is 1. The molecular weight excluding hydrogens is 342 g/mol. The van der Waals surface area contributed by atoms with Gasteiger partial charge in [0, 0.05) is 65.1 Å². The maximum absolute atomic E-state index is 12.2. The van der Waals surface area contributed by atoms with Crippen LogP contribution in [0.4, 0.5) is 10.5 Å².